The van der Waals surface area contributed by atoms with Gasteiger partial charge in [-0.05, 0) is 54.2 Å². The summed E-state index contributed by atoms with van der Waals surface area (Å²) < 4.78 is 11.3. The lowest BCUT2D eigenvalue weighted by Crippen LogP contribution is -2.55. The van der Waals surface area contributed by atoms with E-state index in [0.29, 0.717) is 42.2 Å². The van der Waals surface area contributed by atoms with Crippen molar-refractivity contribution in [1.29, 1.82) is 0 Å². The number of aliphatic hydroxyl groups excluding tert-OH is 4. The van der Waals surface area contributed by atoms with Gasteiger partial charge in [-0.2, -0.15) is 0 Å². The third-order valence-corrected chi connectivity index (χ3v) is 5.98. The van der Waals surface area contributed by atoms with Gasteiger partial charge >= 0.3 is 0 Å². The summed E-state index contributed by atoms with van der Waals surface area (Å²) in [6.07, 6.45) is -4.54. The Balaban J connectivity index is 1.60. The molecule has 0 spiro atoms. The summed E-state index contributed by atoms with van der Waals surface area (Å²) in [5.74, 6) is 0.667. The monoisotopic (exact) mass is 497 g/mol. The van der Waals surface area contributed by atoms with Gasteiger partial charge in [0.1, 0.15) is 36.3 Å². The summed E-state index contributed by atoms with van der Waals surface area (Å²) in [5.41, 5.74) is 2.30. The highest BCUT2D eigenvalue weighted by Gasteiger charge is 2.44. The van der Waals surface area contributed by atoms with Crippen LogP contribution in [-0.2, 0) is 16.0 Å². The van der Waals surface area contributed by atoms with E-state index in [1.165, 1.54) is 0 Å². The molecule has 0 unspecified atom stereocenters. The van der Waals surface area contributed by atoms with Crippen LogP contribution in [0.4, 0.5) is 0 Å². The van der Waals surface area contributed by atoms with E-state index in [2.05, 4.69) is 4.84 Å². The lowest BCUT2D eigenvalue weighted by Gasteiger charge is -2.40. The quantitative estimate of drug-likeness (QED) is 0.207. The Hall–Kier alpha value is -2.47. The first-order valence-corrected chi connectivity index (χ1v) is 11.3. The van der Waals surface area contributed by atoms with Gasteiger partial charge in [0.25, 0.3) is 5.09 Å². The zero-order valence-corrected chi connectivity index (χ0v) is 19.1. The minimum Gasteiger partial charge on any atom is -0.494 e. The van der Waals surface area contributed by atoms with E-state index in [4.69, 9.17) is 21.1 Å². The molecule has 10 nitrogen and oxygen atoms in total. The van der Waals surface area contributed by atoms with Crippen molar-refractivity contribution in [3.05, 3.63) is 74.3 Å². The topological polar surface area (TPSA) is 152 Å². The summed E-state index contributed by atoms with van der Waals surface area (Å²) in [5, 5.41) is 49.7. The molecular weight excluding hydrogens is 470 g/mol. The largest absolute Gasteiger partial charge is 0.494 e. The normalized spacial score (nSPS) is 24.6. The molecule has 5 atom stereocenters. The summed E-state index contributed by atoms with van der Waals surface area (Å²) in [6, 6.07) is 12.5. The van der Waals surface area contributed by atoms with Crippen molar-refractivity contribution in [3.63, 3.8) is 0 Å². The molecule has 1 aliphatic rings. The standard InChI is InChI=1S/C23H28ClNO9/c24-18-8-5-15(23-22(29)21(28)20(27)19(13-26)34-23)12-16(18)11-14-3-6-17(7-4-14)32-9-1-2-10-33-25(30)31/h3-8,12,19-23,26-29H,1-2,9-11,13H2/t19-,20-,21+,22-,23+/m1/s1. The van der Waals surface area contributed by atoms with Crippen molar-refractivity contribution in [2.75, 3.05) is 19.8 Å². The first-order valence-electron chi connectivity index (χ1n) is 10.9. The third kappa shape index (κ3) is 6.78. The molecule has 0 aromatic heterocycles. The number of hydrogen-bond donors (Lipinski definition) is 4. The fraction of sp³-hybridized carbons (Fsp3) is 0.478. The second-order valence-corrected chi connectivity index (χ2v) is 8.44. The van der Waals surface area contributed by atoms with E-state index in [-0.39, 0.29) is 6.61 Å². The van der Waals surface area contributed by atoms with Gasteiger partial charge in [0.15, 0.2) is 0 Å². The van der Waals surface area contributed by atoms with Crippen molar-refractivity contribution in [3.8, 4) is 5.75 Å². The van der Waals surface area contributed by atoms with Gasteiger partial charge in [-0.25, -0.2) is 0 Å². The molecule has 34 heavy (non-hydrogen) atoms. The first kappa shape index (κ1) is 26.1. The Morgan fingerprint density at radius 1 is 1.00 bits per heavy atom. The Bertz CT molecular complexity index is 941. The van der Waals surface area contributed by atoms with Gasteiger partial charge in [0, 0.05) is 5.02 Å². The van der Waals surface area contributed by atoms with E-state index in [1.54, 1.807) is 18.2 Å². The molecule has 0 radical (unpaired) electrons. The number of aliphatic hydroxyl groups is 4. The highest BCUT2D eigenvalue weighted by atomic mass is 35.5. The summed E-state index contributed by atoms with van der Waals surface area (Å²) in [6.45, 7) is -0.0470. The van der Waals surface area contributed by atoms with Crippen LogP contribution in [-0.4, -0.2) is 69.7 Å². The molecule has 2 aromatic rings. The van der Waals surface area contributed by atoms with Crippen molar-refractivity contribution in [2.45, 2.75) is 49.8 Å². The highest BCUT2D eigenvalue weighted by Crippen LogP contribution is 2.34. The number of rotatable bonds is 11. The number of nitrogens with zero attached hydrogens (tertiary/aromatic N) is 1. The summed E-state index contributed by atoms with van der Waals surface area (Å²) in [4.78, 5) is 14.3. The van der Waals surface area contributed by atoms with Crippen molar-refractivity contribution in [1.82, 2.24) is 0 Å². The fourth-order valence-corrected chi connectivity index (χ4v) is 3.93. The number of halogens is 1. The van der Waals surface area contributed by atoms with Gasteiger partial charge in [-0.3, -0.25) is 0 Å². The van der Waals surface area contributed by atoms with E-state index < -0.39 is 42.2 Å². The van der Waals surface area contributed by atoms with Crippen LogP contribution in [0.1, 0.15) is 35.6 Å². The molecule has 1 heterocycles. The number of unbranched alkanes of at least 4 members (excludes halogenated alkanes) is 1. The number of hydrogen-bond acceptors (Lipinski definition) is 9. The predicted molar refractivity (Wildman–Crippen MR) is 121 cm³/mol. The Morgan fingerprint density at radius 3 is 2.38 bits per heavy atom. The second kappa shape index (κ2) is 12.3. The summed E-state index contributed by atoms with van der Waals surface area (Å²) in [7, 11) is 0. The molecule has 0 bridgehead atoms. The zero-order chi connectivity index (χ0) is 24.7. The Morgan fingerprint density at radius 2 is 1.71 bits per heavy atom. The third-order valence-electron chi connectivity index (χ3n) is 5.61. The van der Waals surface area contributed by atoms with Crippen LogP contribution in [0.15, 0.2) is 42.5 Å². The molecule has 0 amide bonds. The maximum absolute atomic E-state index is 10.4. The van der Waals surface area contributed by atoms with Crippen LogP contribution in [0, 0.1) is 10.1 Å². The molecule has 1 fully saturated rings. The van der Waals surface area contributed by atoms with Gasteiger partial charge in [0.05, 0.1) is 19.8 Å². The molecule has 0 saturated carbocycles. The van der Waals surface area contributed by atoms with Crippen LogP contribution in [0.25, 0.3) is 0 Å². The second-order valence-electron chi connectivity index (χ2n) is 8.03. The molecule has 4 N–H and O–H groups in total. The molecule has 1 aliphatic heterocycles. The molecule has 2 aromatic carbocycles. The lowest BCUT2D eigenvalue weighted by atomic mass is 9.90. The SMILES string of the molecule is O=[N+]([O-])OCCCCOc1ccc(Cc2cc([C@@H]3O[C@H](CO)[C@@H](O)[C@H](O)[C@H]3O)ccc2Cl)cc1. The maximum Gasteiger partial charge on any atom is 0.294 e. The number of benzene rings is 2. The average Bonchev–Trinajstić information content (AvgIpc) is 2.82. The average molecular weight is 498 g/mol. The summed E-state index contributed by atoms with van der Waals surface area (Å²) >= 11 is 6.38. The van der Waals surface area contributed by atoms with Crippen molar-refractivity contribution >= 4 is 11.6 Å². The molecule has 3 rings (SSSR count). The number of ether oxygens (including phenoxy) is 2. The predicted octanol–water partition coefficient (Wildman–Crippen LogP) is 1.81. The fourth-order valence-electron chi connectivity index (χ4n) is 3.74. The van der Waals surface area contributed by atoms with E-state index in [1.807, 2.05) is 24.3 Å². The van der Waals surface area contributed by atoms with Crippen molar-refractivity contribution in [2.24, 2.45) is 0 Å². The first-order chi connectivity index (χ1) is 16.3. The Labute approximate surface area is 201 Å². The van der Waals surface area contributed by atoms with Crippen LogP contribution in [0.2, 0.25) is 5.02 Å². The Kier molecular flexibility index (Phi) is 9.45. The highest BCUT2D eigenvalue weighted by molar-refractivity contribution is 6.31. The lowest BCUT2D eigenvalue weighted by molar-refractivity contribution is -0.757. The van der Waals surface area contributed by atoms with Gasteiger partial charge in [-0.1, -0.05) is 35.9 Å². The van der Waals surface area contributed by atoms with Crippen LogP contribution < -0.4 is 4.74 Å². The van der Waals surface area contributed by atoms with E-state index >= 15 is 0 Å². The molecule has 1 saturated heterocycles. The van der Waals surface area contributed by atoms with Gasteiger partial charge in [-0.15, -0.1) is 10.1 Å². The van der Waals surface area contributed by atoms with Gasteiger partial charge in [0.2, 0.25) is 0 Å². The van der Waals surface area contributed by atoms with Crippen molar-refractivity contribution < 1.29 is 39.8 Å². The van der Waals surface area contributed by atoms with E-state index in [0.717, 1.165) is 11.1 Å². The smallest absolute Gasteiger partial charge is 0.294 e. The minimum atomic E-state index is -1.46. The van der Waals surface area contributed by atoms with Crippen LogP contribution in [0.5, 0.6) is 5.75 Å². The maximum atomic E-state index is 10.4. The van der Waals surface area contributed by atoms with E-state index in [9.17, 15) is 30.5 Å². The van der Waals surface area contributed by atoms with Gasteiger partial charge < -0.3 is 34.7 Å². The molecular formula is C23H28ClNO9. The van der Waals surface area contributed by atoms with Crippen LogP contribution >= 0.6 is 11.6 Å². The molecule has 0 aliphatic carbocycles. The molecule has 186 valence electrons. The van der Waals surface area contributed by atoms with Crippen LogP contribution in [0.3, 0.4) is 0 Å². The molecule has 11 heteroatoms. The zero-order valence-electron chi connectivity index (χ0n) is 18.3. The minimum absolute atomic E-state index is 0.0399.